The summed E-state index contributed by atoms with van der Waals surface area (Å²) in [7, 11) is 0. The van der Waals surface area contributed by atoms with E-state index in [-0.39, 0.29) is 12.1 Å². The van der Waals surface area contributed by atoms with Crippen molar-refractivity contribution in [3.05, 3.63) is 35.6 Å². The first-order chi connectivity index (χ1) is 9.08. The van der Waals surface area contributed by atoms with Crippen LogP contribution in [-0.4, -0.2) is 17.6 Å². The minimum Gasteiger partial charge on any atom is -0.481 e. The average molecular weight is 267 g/mol. The van der Waals surface area contributed by atoms with E-state index < -0.39 is 17.2 Å². The molecule has 0 aliphatic rings. The highest BCUT2D eigenvalue weighted by molar-refractivity contribution is 5.81. The lowest BCUT2D eigenvalue weighted by Gasteiger charge is -2.29. The SMILES string of the molecule is CCCCCCC(CN)(C(=O)O)c1ccccc1F. The maximum atomic E-state index is 13.9. The van der Waals surface area contributed by atoms with Gasteiger partial charge in [-0.25, -0.2) is 4.39 Å². The topological polar surface area (TPSA) is 63.3 Å². The molecule has 0 aliphatic heterocycles. The van der Waals surface area contributed by atoms with E-state index in [2.05, 4.69) is 6.92 Å². The van der Waals surface area contributed by atoms with Gasteiger partial charge in [0.1, 0.15) is 11.2 Å². The fourth-order valence-corrected chi connectivity index (χ4v) is 2.36. The van der Waals surface area contributed by atoms with Gasteiger partial charge in [-0.3, -0.25) is 4.79 Å². The lowest BCUT2D eigenvalue weighted by atomic mass is 9.76. The standard InChI is InChI=1S/C15H22FNO2/c1-2-3-4-7-10-15(11-17,14(18)19)12-8-5-6-9-13(12)16/h5-6,8-9H,2-4,7,10-11,17H2,1H3,(H,18,19). The molecule has 1 aromatic carbocycles. The Bertz CT molecular complexity index is 422. The Hall–Kier alpha value is -1.42. The zero-order valence-electron chi connectivity index (χ0n) is 11.4. The second-order valence-corrected chi connectivity index (χ2v) is 4.88. The highest BCUT2D eigenvalue weighted by Gasteiger charge is 2.40. The molecule has 1 atom stereocenters. The summed E-state index contributed by atoms with van der Waals surface area (Å²) in [4.78, 5) is 11.6. The summed E-state index contributed by atoms with van der Waals surface area (Å²) in [6.45, 7) is 2.00. The van der Waals surface area contributed by atoms with Crippen molar-refractivity contribution in [2.24, 2.45) is 5.73 Å². The minimum atomic E-state index is -1.31. The monoisotopic (exact) mass is 267 g/mol. The van der Waals surface area contributed by atoms with Crippen LogP contribution in [0.4, 0.5) is 4.39 Å². The van der Waals surface area contributed by atoms with Gasteiger partial charge in [0, 0.05) is 12.1 Å². The third-order valence-corrected chi connectivity index (χ3v) is 3.60. The molecule has 3 nitrogen and oxygen atoms in total. The van der Waals surface area contributed by atoms with Gasteiger partial charge in [-0.15, -0.1) is 0 Å². The maximum absolute atomic E-state index is 13.9. The molecule has 0 aliphatic carbocycles. The van der Waals surface area contributed by atoms with E-state index in [9.17, 15) is 14.3 Å². The van der Waals surface area contributed by atoms with Gasteiger partial charge in [0.25, 0.3) is 0 Å². The molecular weight excluding hydrogens is 245 g/mol. The lowest BCUT2D eigenvalue weighted by molar-refractivity contribution is -0.144. The molecule has 0 saturated carbocycles. The zero-order valence-corrected chi connectivity index (χ0v) is 11.4. The van der Waals surface area contributed by atoms with Gasteiger partial charge in [-0.05, 0) is 12.5 Å². The van der Waals surface area contributed by atoms with Crippen molar-refractivity contribution in [3.8, 4) is 0 Å². The Morgan fingerprint density at radius 1 is 1.32 bits per heavy atom. The van der Waals surface area contributed by atoms with Crippen LogP contribution in [-0.2, 0) is 10.2 Å². The van der Waals surface area contributed by atoms with Gasteiger partial charge < -0.3 is 10.8 Å². The summed E-state index contributed by atoms with van der Waals surface area (Å²) in [5.74, 6) is -1.54. The van der Waals surface area contributed by atoms with E-state index in [0.717, 1.165) is 25.7 Å². The van der Waals surface area contributed by atoms with Gasteiger partial charge in [-0.2, -0.15) is 0 Å². The fraction of sp³-hybridized carbons (Fsp3) is 0.533. The highest BCUT2D eigenvalue weighted by Crippen LogP contribution is 2.31. The first-order valence-corrected chi connectivity index (χ1v) is 6.77. The predicted molar refractivity (Wildman–Crippen MR) is 73.5 cm³/mol. The van der Waals surface area contributed by atoms with Crippen LogP contribution < -0.4 is 5.73 Å². The van der Waals surface area contributed by atoms with Crippen LogP contribution in [0, 0.1) is 5.82 Å². The minimum absolute atomic E-state index is 0.0879. The molecule has 0 aromatic heterocycles. The molecule has 0 heterocycles. The summed E-state index contributed by atoms with van der Waals surface area (Å²) >= 11 is 0. The van der Waals surface area contributed by atoms with Crippen LogP contribution in [0.25, 0.3) is 0 Å². The second-order valence-electron chi connectivity index (χ2n) is 4.88. The normalized spacial score (nSPS) is 14.1. The van der Waals surface area contributed by atoms with Gasteiger partial charge >= 0.3 is 5.97 Å². The van der Waals surface area contributed by atoms with E-state index in [1.54, 1.807) is 12.1 Å². The number of hydrogen-bond acceptors (Lipinski definition) is 2. The summed E-state index contributed by atoms with van der Waals surface area (Å²) in [5, 5.41) is 9.51. The summed E-state index contributed by atoms with van der Waals surface area (Å²) in [6.07, 6.45) is 4.19. The van der Waals surface area contributed by atoms with E-state index in [4.69, 9.17) is 5.73 Å². The van der Waals surface area contributed by atoms with Crippen LogP contribution in [0.1, 0.15) is 44.6 Å². The van der Waals surface area contributed by atoms with E-state index >= 15 is 0 Å². The number of carboxylic acids is 1. The molecule has 1 rings (SSSR count). The molecular formula is C15H22FNO2. The molecule has 0 bridgehead atoms. The van der Waals surface area contributed by atoms with Crippen molar-refractivity contribution >= 4 is 5.97 Å². The number of carboxylic acid groups (broad SMARTS) is 1. The van der Waals surface area contributed by atoms with Crippen LogP contribution in [0.15, 0.2) is 24.3 Å². The third kappa shape index (κ3) is 3.53. The third-order valence-electron chi connectivity index (χ3n) is 3.60. The number of benzene rings is 1. The molecule has 0 saturated heterocycles. The van der Waals surface area contributed by atoms with E-state index in [1.165, 1.54) is 12.1 Å². The maximum Gasteiger partial charge on any atom is 0.315 e. The first-order valence-electron chi connectivity index (χ1n) is 6.77. The Labute approximate surface area is 113 Å². The number of aliphatic carboxylic acids is 1. The Morgan fingerprint density at radius 2 is 2.00 bits per heavy atom. The van der Waals surface area contributed by atoms with E-state index in [0.29, 0.717) is 6.42 Å². The Kier molecular flexibility index (Phi) is 5.96. The summed E-state index contributed by atoms with van der Waals surface area (Å²) in [6, 6.07) is 6.02. The second kappa shape index (κ2) is 7.24. The Balaban J connectivity index is 2.99. The van der Waals surface area contributed by atoms with Crippen LogP contribution >= 0.6 is 0 Å². The number of halogens is 1. The largest absolute Gasteiger partial charge is 0.481 e. The predicted octanol–water partition coefficient (Wildman–Crippen LogP) is 3.08. The molecule has 3 N–H and O–H groups in total. The molecule has 0 amide bonds. The van der Waals surface area contributed by atoms with Crippen molar-refractivity contribution < 1.29 is 14.3 Å². The summed E-state index contributed by atoms with van der Waals surface area (Å²) in [5.41, 5.74) is 4.57. The van der Waals surface area contributed by atoms with Crippen molar-refractivity contribution in [2.45, 2.75) is 44.4 Å². The zero-order chi connectivity index (χ0) is 14.3. The molecule has 1 unspecified atom stereocenters. The fourth-order valence-electron chi connectivity index (χ4n) is 2.36. The number of unbranched alkanes of at least 4 members (excludes halogenated alkanes) is 3. The van der Waals surface area contributed by atoms with Crippen molar-refractivity contribution in [1.29, 1.82) is 0 Å². The van der Waals surface area contributed by atoms with Crippen LogP contribution in [0.5, 0.6) is 0 Å². The molecule has 19 heavy (non-hydrogen) atoms. The Morgan fingerprint density at radius 3 is 2.53 bits per heavy atom. The summed E-state index contributed by atoms with van der Waals surface area (Å²) < 4.78 is 13.9. The number of carbonyl (C=O) groups is 1. The molecule has 4 heteroatoms. The average Bonchev–Trinajstić information content (AvgIpc) is 2.40. The van der Waals surface area contributed by atoms with Crippen molar-refractivity contribution in [2.75, 3.05) is 6.54 Å². The van der Waals surface area contributed by atoms with Crippen molar-refractivity contribution in [3.63, 3.8) is 0 Å². The molecule has 0 spiro atoms. The quantitative estimate of drug-likeness (QED) is 0.711. The van der Waals surface area contributed by atoms with Crippen LogP contribution in [0.2, 0.25) is 0 Å². The molecule has 0 fully saturated rings. The van der Waals surface area contributed by atoms with Gasteiger partial charge in [0.15, 0.2) is 0 Å². The smallest absolute Gasteiger partial charge is 0.315 e. The number of rotatable bonds is 8. The number of nitrogens with two attached hydrogens (primary N) is 1. The van der Waals surface area contributed by atoms with Crippen LogP contribution in [0.3, 0.4) is 0 Å². The first kappa shape index (κ1) is 15.6. The van der Waals surface area contributed by atoms with Gasteiger partial charge in [0.2, 0.25) is 0 Å². The van der Waals surface area contributed by atoms with Gasteiger partial charge in [0.05, 0.1) is 0 Å². The van der Waals surface area contributed by atoms with E-state index in [1.807, 2.05) is 0 Å². The number of hydrogen-bond donors (Lipinski definition) is 2. The molecule has 106 valence electrons. The lowest BCUT2D eigenvalue weighted by Crippen LogP contribution is -2.43. The molecule has 0 radical (unpaired) electrons. The van der Waals surface area contributed by atoms with Crippen molar-refractivity contribution in [1.82, 2.24) is 0 Å². The highest BCUT2D eigenvalue weighted by atomic mass is 19.1. The molecule has 1 aromatic rings. The van der Waals surface area contributed by atoms with Gasteiger partial charge in [-0.1, -0.05) is 50.8 Å².